The van der Waals surface area contributed by atoms with E-state index in [1.807, 2.05) is 6.07 Å². The average molecular weight is 300 g/mol. The lowest BCUT2D eigenvalue weighted by atomic mass is 10.0. The Bertz CT molecular complexity index is 738. The van der Waals surface area contributed by atoms with Crippen LogP contribution in [0.1, 0.15) is 11.1 Å². The van der Waals surface area contributed by atoms with Gasteiger partial charge in [-0.1, -0.05) is 23.4 Å². The van der Waals surface area contributed by atoms with Gasteiger partial charge in [-0.3, -0.25) is 0 Å². The summed E-state index contributed by atoms with van der Waals surface area (Å²) in [5, 5.41) is 30.7. The van der Waals surface area contributed by atoms with Crippen molar-refractivity contribution < 1.29 is 19.4 Å². The van der Waals surface area contributed by atoms with E-state index < -0.39 is 5.82 Å². The van der Waals surface area contributed by atoms with Crippen LogP contribution < -0.4 is 4.74 Å². The molecule has 22 heavy (non-hydrogen) atoms. The van der Waals surface area contributed by atoms with Crippen molar-refractivity contribution in [2.75, 3.05) is 6.61 Å². The Labute approximate surface area is 126 Å². The zero-order chi connectivity index (χ0) is 15.9. The molecule has 0 fully saturated rings. The van der Waals surface area contributed by atoms with Gasteiger partial charge in [0.1, 0.15) is 23.4 Å². The minimum atomic E-state index is -0.419. The monoisotopic (exact) mass is 300 g/mol. The van der Waals surface area contributed by atoms with Gasteiger partial charge in [0, 0.05) is 18.1 Å². The standard InChI is InChI=1S/C16H13FN2O3/c17-14-4-2-1-3-11(14)9-15(19-21)13-6-5-12(10-16(13)20)22-8-7-18/h1-6,10,20-21H,8-9H2/b19-15+. The summed E-state index contributed by atoms with van der Waals surface area (Å²) in [6.07, 6.45) is 0.0229. The van der Waals surface area contributed by atoms with Gasteiger partial charge >= 0.3 is 0 Å². The van der Waals surface area contributed by atoms with Gasteiger partial charge in [0.25, 0.3) is 0 Å². The lowest BCUT2D eigenvalue weighted by molar-refractivity contribution is 0.318. The maximum absolute atomic E-state index is 13.7. The molecular formula is C16H13FN2O3. The predicted molar refractivity (Wildman–Crippen MR) is 77.6 cm³/mol. The third-order valence-electron chi connectivity index (χ3n) is 3.02. The van der Waals surface area contributed by atoms with Crippen molar-refractivity contribution >= 4 is 5.71 Å². The number of phenolic OH excluding ortho intramolecular Hbond substituents is 1. The molecule has 0 aromatic heterocycles. The number of halogens is 1. The van der Waals surface area contributed by atoms with Gasteiger partial charge in [-0.2, -0.15) is 5.26 Å². The summed E-state index contributed by atoms with van der Waals surface area (Å²) in [5.74, 6) is -0.289. The van der Waals surface area contributed by atoms with E-state index in [2.05, 4.69) is 5.16 Å². The van der Waals surface area contributed by atoms with Gasteiger partial charge < -0.3 is 15.1 Å². The van der Waals surface area contributed by atoms with Crippen LogP contribution in [0, 0.1) is 17.1 Å². The normalized spacial score (nSPS) is 11.0. The molecular weight excluding hydrogens is 287 g/mol. The maximum atomic E-state index is 13.7. The van der Waals surface area contributed by atoms with Crippen molar-refractivity contribution in [1.29, 1.82) is 5.26 Å². The molecule has 2 N–H and O–H groups in total. The summed E-state index contributed by atoms with van der Waals surface area (Å²) in [5.41, 5.74) is 0.726. The van der Waals surface area contributed by atoms with Crippen LogP contribution in [0.5, 0.6) is 11.5 Å². The van der Waals surface area contributed by atoms with E-state index in [4.69, 9.17) is 15.2 Å². The number of ether oxygens (including phenoxy) is 1. The summed E-state index contributed by atoms with van der Waals surface area (Å²) >= 11 is 0. The Morgan fingerprint density at radius 1 is 1.27 bits per heavy atom. The van der Waals surface area contributed by atoms with E-state index in [1.165, 1.54) is 24.3 Å². The fourth-order valence-corrected chi connectivity index (χ4v) is 1.97. The number of phenols is 1. The summed E-state index contributed by atoms with van der Waals surface area (Å²) in [7, 11) is 0. The van der Waals surface area contributed by atoms with Crippen LogP contribution in [0.25, 0.3) is 0 Å². The van der Waals surface area contributed by atoms with Gasteiger partial charge in [0.2, 0.25) is 0 Å². The average Bonchev–Trinajstić information content (AvgIpc) is 2.53. The van der Waals surface area contributed by atoms with E-state index >= 15 is 0 Å². The molecule has 0 radical (unpaired) electrons. The lowest BCUT2D eigenvalue weighted by Crippen LogP contribution is -2.07. The van der Waals surface area contributed by atoms with Crippen molar-refractivity contribution in [2.45, 2.75) is 6.42 Å². The van der Waals surface area contributed by atoms with E-state index in [0.29, 0.717) is 11.3 Å². The molecule has 2 aromatic carbocycles. The highest BCUT2D eigenvalue weighted by Crippen LogP contribution is 2.25. The second-order valence-corrected chi connectivity index (χ2v) is 4.44. The molecule has 2 aromatic rings. The third-order valence-corrected chi connectivity index (χ3v) is 3.02. The number of aromatic hydroxyl groups is 1. The zero-order valence-corrected chi connectivity index (χ0v) is 11.5. The molecule has 5 nitrogen and oxygen atoms in total. The molecule has 0 atom stereocenters. The van der Waals surface area contributed by atoms with Crippen molar-refractivity contribution in [3.63, 3.8) is 0 Å². The highest BCUT2D eigenvalue weighted by atomic mass is 19.1. The first-order chi connectivity index (χ1) is 10.7. The summed E-state index contributed by atoms with van der Waals surface area (Å²) in [6, 6.07) is 12.2. The number of nitriles is 1. The number of oxime groups is 1. The van der Waals surface area contributed by atoms with E-state index in [9.17, 15) is 9.50 Å². The van der Waals surface area contributed by atoms with E-state index in [0.717, 1.165) is 0 Å². The topological polar surface area (TPSA) is 85.8 Å². The van der Waals surface area contributed by atoms with Gasteiger partial charge in [-0.25, -0.2) is 4.39 Å². The van der Waals surface area contributed by atoms with Gasteiger partial charge in [0.05, 0.1) is 5.71 Å². The lowest BCUT2D eigenvalue weighted by Gasteiger charge is -2.09. The van der Waals surface area contributed by atoms with Crippen LogP contribution in [0.3, 0.4) is 0 Å². The molecule has 0 aliphatic rings. The molecule has 0 saturated carbocycles. The van der Waals surface area contributed by atoms with Gasteiger partial charge in [0.15, 0.2) is 6.61 Å². The smallest absolute Gasteiger partial charge is 0.174 e. The fraction of sp³-hybridized carbons (Fsp3) is 0.125. The molecule has 0 bridgehead atoms. The molecule has 0 spiro atoms. The van der Waals surface area contributed by atoms with Crippen LogP contribution in [0.4, 0.5) is 4.39 Å². The van der Waals surface area contributed by atoms with Crippen LogP contribution in [0.2, 0.25) is 0 Å². The van der Waals surface area contributed by atoms with Gasteiger partial charge in [-0.15, -0.1) is 0 Å². The first-order valence-electron chi connectivity index (χ1n) is 6.43. The molecule has 0 saturated heterocycles. The molecule has 0 heterocycles. The summed E-state index contributed by atoms with van der Waals surface area (Å²) in [6.45, 7) is -0.144. The first-order valence-corrected chi connectivity index (χ1v) is 6.43. The molecule has 2 rings (SSSR count). The summed E-state index contributed by atoms with van der Waals surface area (Å²) in [4.78, 5) is 0. The van der Waals surface area contributed by atoms with Crippen molar-refractivity contribution in [1.82, 2.24) is 0 Å². The molecule has 6 heteroatoms. The minimum absolute atomic E-state index is 0.0229. The Balaban J connectivity index is 2.25. The minimum Gasteiger partial charge on any atom is -0.507 e. The number of nitrogens with zero attached hydrogens (tertiary/aromatic N) is 2. The zero-order valence-electron chi connectivity index (χ0n) is 11.5. The van der Waals surface area contributed by atoms with Crippen molar-refractivity contribution in [3.8, 4) is 17.6 Å². The Kier molecular flexibility index (Phi) is 4.94. The molecule has 0 unspecified atom stereocenters. The Morgan fingerprint density at radius 2 is 2.05 bits per heavy atom. The van der Waals surface area contributed by atoms with Crippen molar-refractivity contribution in [2.24, 2.45) is 5.16 Å². The van der Waals surface area contributed by atoms with Crippen molar-refractivity contribution in [3.05, 3.63) is 59.4 Å². The summed E-state index contributed by atoms with van der Waals surface area (Å²) < 4.78 is 18.7. The quantitative estimate of drug-likeness (QED) is 0.505. The largest absolute Gasteiger partial charge is 0.507 e. The highest BCUT2D eigenvalue weighted by Gasteiger charge is 2.14. The Morgan fingerprint density at radius 3 is 2.68 bits per heavy atom. The number of rotatable bonds is 5. The van der Waals surface area contributed by atoms with Crippen LogP contribution in [-0.2, 0) is 6.42 Å². The fourth-order valence-electron chi connectivity index (χ4n) is 1.97. The van der Waals surface area contributed by atoms with Crippen LogP contribution in [-0.4, -0.2) is 22.6 Å². The SMILES string of the molecule is N#CCOc1ccc(/C(Cc2ccccc2F)=N/O)c(O)c1. The molecule has 0 aliphatic carbocycles. The van der Waals surface area contributed by atoms with E-state index in [1.54, 1.807) is 18.2 Å². The number of hydrogen-bond acceptors (Lipinski definition) is 5. The second-order valence-electron chi connectivity index (χ2n) is 4.44. The molecule has 0 aliphatic heterocycles. The first kappa shape index (κ1) is 15.3. The molecule has 112 valence electrons. The number of benzene rings is 2. The highest BCUT2D eigenvalue weighted by molar-refractivity contribution is 6.03. The predicted octanol–water partition coefficient (Wildman–Crippen LogP) is 2.85. The second kappa shape index (κ2) is 7.09. The molecule has 0 amide bonds. The van der Waals surface area contributed by atoms with Crippen LogP contribution in [0.15, 0.2) is 47.6 Å². The third kappa shape index (κ3) is 3.52. The maximum Gasteiger partial charge on any atom is 0.174 e. The van der Waals surface area contributed by atoms with E-state index in [-0.39, 0.29) is 30.1 Å². The van der Waals surface area contributed by atoms with Gasteiger partial charge in [-0.05, 0) is 23.8 Å². The Hall–Kier alpha value is -3.07. The van der Waals surface area contributed by atoms with Crippen LogP contribution >= 0.6 is 0 Å². The number of hydrogen-bond donors (Lipinski definition) is 2.